The molecule has 2 heteroatoms. The summed E-state index contributed by atoms with van der Waals surface area (Å²) in [5.41, 5.74) is 0.304. The van der Waals surface area contributed by atoms with Gasteiger partial charge in [0.2, 0.25) is 0 Å². The Labute approximate surface area is 94.4 Å². The highest BCUT2D eigenvalue weighted by molar-refractivity contribution is 4.95. The highest BCUT2D eigenvalue weighted by atomic mass is 15.3. The SMILES string of the molecule is CC1CCC(N2CC(C)(C)NCC2C)C1. The van der Waals surface area contributed by atoms with E-state index >= 15 is 0 Å². The van der Waals surface area contributed by atoms with Crippen LogP contribution in [0.2, 0.25) is 0 Å². The van der Waals surface area contributed by atoms with Gasteiger partial charge in [0.05, 0.1) is 0 Å². The highest BCUT2D eigenvalue weighted by Crippen LogP contribution is 2.31. The molecule has 2 rings (SSSR count). The van der Waals surface area contributed by atoms with E-state index in [1.54, 1.807) is 0 Å². The monoisotopic (exact) mass is 210 g/mol. The smallest absolute Gasteiger partial charge is 0.0253 e. The fourth-order valence-electron chi connectivity index (χ4n) is 3.18. The van der Waals surface area contributed by atoms with Crippen molar-refractivity contribution in [2.75, 3.05) is 13.1 Å². The summed E-state index contributed by atoms with van der Waals surface area (Å²) in [6, 6.07) is 1.57. The third-order valence-electron chi connectivity index (χ3n) is 4.16. The molecule has 0 aromatic carbocycles. The molecule has 2 fully saturated rings. The zero-order chi connectivity index (χ0) is 11.1. The van der Waals surface area contributed by atoms with Crippen LogP contribution in [0.25, 0.3) is 0 Å². The molecule has 3 unspecified atom stereocenters. The van der Waals surface area contributed by atoms with Gasteiger partial charge in [-0.15, -0.1) is 0 Å². The molecule has 0 spiro atoms. The summed E-state index contributed by atoms with van der Waals surface area (Å²) in [5.74, 6) is 0.945. The van der Waals surface area contributed by atoms with Gasteiger partial charge in [-0.05, 0) is 46.0 Å². The summed E-state index contributed by atoms with van der Waals surface area (Å²) in [6.07, 6.45) is 4.27. The Morgan fingerprint density at radius 2 is 1.93 bits per heavy atom. The zero-order valence-corrected chi connectivity index (χ0v) is 10.7. The Bertz CT molecular complexity index is 225. The third kappa shape index (κ3) is 2.54. The number of hydrogen-bond donors (Lipinski definition) is 1. The molecule has 2 nitrogen and oxygen atoms in total. The van der Waals surface area contributed by atoms with E-state index in [2.05, 4.69) is 37.9 Å². The molecule has 88 valence electrons. The molecule has 1 aliphatic heterocycles. The maximum absolute atomic E-state index is 3.63. The van der Waals surface area contributed by atoms with Crippen LogP contribution in [0.5, 0.6) is 0 Å². The van der Waals surface area contributed by atoms with E-state index in [1.807, 2.05) is 0 Å². The fourth-order valence-corrected chi connectivity index (χ4v) is 3.18. The van der Waals surface area contributed by atoms with Crippen molar-refractivity contribution in [3.63, 3.8) is 0 Å². The minimum atomic E-state index is 0.304. The van der Waals surface area contributed by atoms with Crippen molar-refractivity contribution in [2.24, 2.45) is 5.92 Å². The molecule has 0 bridgehead atoms. The molecule has 0 aromatic heterocycles. The molecule has 0 amide bonds. The Morgan fingerprint density at radius 1 is 1.20 bits per heavy atom. The van der Waals surface area contributed by atoms with Crippen molar-refractivity contribution in [1.29, 1.82) is 0 Å². The number of hydrogen-bond acceptors (Lipinski definition) is 2. The lowest BCUT2D eigenvalue weighted by molar-refractivity contribution is 0.0633. The maximum Gasteiger partial charge on any atom is 0.0253 e. The van der Waals surface area contributed by atoms with Crippen molar-refractivity contribution in [3.05, 3.63) is 0 Å². The molecule has 1 saturated heterocycles. The summed E-state index contributed by atoms with van der Waals surface area (Å²) in [6.45, 7) is 11.8. The fraction of sp³-hybridized carbons (Fsp3) is 1.00. The lowest BCUT2D eigenvalue weighted by Gasteiger charge is -2.46. The van der Waals surface area contributed by atoms with Gasteiger partial charge in [0.15, 0.2) is 0 Å². The average Bonchev–Trinajstić information content (AvgIpc) is 2.56. The first kappa shape index (κ1) is 11.4. The molecule has 1 heterocycles. The molecule has 1 saturated carbocycles. The van der Waals surface area contributed by atoms with Gasteiger partial charge in [-0.25, -0.2) is 0 Å². The van der Waals surface area contributed by atoms with Gasteiger partial charge in [0, 0.05) is 30.7 Å². The Kier molecular flexibility index (Phi) is 3.09. The van der Waals surface area contributed by atoms with Crippen LogP contribution in [0.3, 0.4) is 0 Å². The van der Waals surface area contributed by atoms with Gasteiger partial charge in [-0.2, -0.15) is 0 Å². The average molecular weight is 210 g/mol. The number of rotatable bonds is 1. The second-order valence-corrected chi connectivity index (χ2v) is 6.36. The van der Waals surface area contributed by atoms with E-state index in [0.717, 1.165) is 18.5 Å². The van der Waals surface area contributed by atoms with Crippen molar-refractivity contribution < 1.29 is 0 Å². The molecular weight excluding hydrogens is 184 g/mol. The maximum atomic E-state index is 3.63. The second-order valence-electron chi connectivity index (χ2n) is 6.36. The molecule has 3 atom stereocenters. The molecule has 0 radical (unpaired) electrons. The first-order valence-corrected chi connectivity index (χ1v) is 6.49. The van der Waals surface area contributed by atoms with Gasteiger partial charge in [0.25, 0.3) is 0 Å². The number of nitrogens with one attached hydrogen (secondary N) is 1. The van der Waals surface area contributed by atoms with Crippen molar-refractivity contribution in [1.82, 2.24) is 10.2 Å². The molecule has 15 heavy (non-hydrogen) atoms. The Balaban J connectivity index is 2.00. The van der Waals surface area contributed by atoms with Crippen molar-refractivity contribution >= 4 is 0 Å². The molecular formula is C13H26N2. The molecule has 1 aliphatic carbocycles. The van der Waals surface area contributed by atoms with Crippen LogP contribution in [-0.4, -0.2) is 35.6 Å². The predicted octanol–water partition coefficient (Wildman–Crippen LogP) is 2.25. The second kappa shape index (κ2) is 4.06. The summed E-state index contributed by atoms with van der Waals surface area (Å²) in [5, 5.41) is 3.63. The number of nitrogens with zero attached hydrogens (tertiary/aromatic N) is 1. The normalized spacial score (nSPS) is 42.0. The van der Waals surface area contributed by atoms with Crippen LogP contribution in [0.4, 0.5) is 0 Å². The minimum Gasteiger partial charge on any atom is -0.309 e. The van der Waals surface area contributed by atoms with Crippen molar-refractivity contribution in [3.8, 4) is 0 Å². The van der Waals surface area contributed by atoms with E-state index in [0.29, 0.717) is 11.6 Å². The van der Waals surface area contributed by atoms with Crippen LogP contribution in [0.15, 0.2) is 0 Å². The van der Waals surface area contributed by atoms with Gasteiger partial charge in [0.1, 0.15) is 0 Å². The van der Waals surface area contributed by atoms with E-state index in [9.17, 15) is 0 Å². The first-order chi connectivity index (χ1) is 6.98. The lowest BCUT2D eigenvalue weighted by Crippen LogP contribution is -2.62. The largest absolute Gasteiger partial charge is 0.309 e. The third-order valence-corrected chi connectivity index (χ3v) is 4.16. The summed E-state index contributed by atoms with van der Waals surface area (Å²) >= 11 is 0. The van der Waals surface area contributed by atoms with Crippen LogP contribution in [0.1, 0.15) is 47.0 Å². The molecule has 2 aliphatic rings. The van der Waals surface area contributed by atoms with E-state index in [4.69, 9.17) is 0 Å². The molecule has 0 aromatic rings. The molecule has 1 N–H and O–H groups in total. The van der Waals surface area contributed by atoms with Crippen LogP contribution in [-0.2, 0) is 0 Å². The van der Waals surface area contributed by atoms with Crippen LogP contribution >= 0.6 is 0 Å². The minimum absolute atomic E-state index is 0.304. The predicted molar refractivity (Wildman–Crippen MR) is 65.1 cm³/mol. The zero-order valence-electron chi connectivity index (χ0n) is 10.7. The van der Waals surface area contributed by atoms with Gasteiger partial charge >= 0.3 is 0 Å². The van der Waals surface area contributed by atoms with Crippen LogP contribution < -0.4 is 5.32 Å². The highest BCUT2D eigenvalue weighted by Gasteiger charge is 2.36. The Morgan fingerprint density at radius 3 is 2.53 bits per heavy atom. The summed E-state index contributed by atoms with van der Waals surface area (Å²) in [7, 11) is 0. The van der Waals surface area contributed by atoms with E-state index in [1.165, 1.54) is 25.8 Å². The van der Waals surface area contributed by atoms with Crippen molar-refractivity contribution in [2.45, 2.75) is 64.6 Å². The van der Waals surface area contributed by atoms with E-state index in [-0.39, 0.29) is 0 Å². The topological polar surface area (TPSA) is 15.3 Å². The number of piperazine rings is 1. The lowest BCUT2D eigenvalue weighted by atomic mass is 9.96. The van der Waals surface area contributed by atoms with Gasteiger partial charge in [-0.1, -0.05) is 6.92 Å². The van der Waals surface area contributed by atoms with Gasteiger partial charge in [-0.3, -0.25) is 4.90 Å². The Hall–Kier alpha value is -0.0800. The quantitative estimate of drug-likeness (QED) is 0.714. The standard InChI is InChI=1S/C13H26N2/c1-10-5-6-12(7-10)15-9-13(3,4)14-8-11(15)2/h10-12,14H,5-9H2,1-4H3. The van der Waals surface area contributed by atoms with Gasteiger partial charge < -0.3 is 5.32 Å². The first-order valence-electron chi connectivity index (χ1n) is 6.49. The summed E-state index contributed by atoms with van der Waals surface area (Å²) < 4.78 is 0. The summed E-state index contributed by atoms with van der Waals surface area (Å²) in [4.78, 5) is 2.75. The van der Waals surface area contributed by atoms with E-state index < -0.39 is 0 Å². The van der Waals surface area contributed by atoms with Crippen LogP contribution in [0, 0.1) is 5.92 Å².